The lowest BCUT2D eigenvalue weighted by Crippen LogP contribution is -2.13. The van der Waals surface area contributed by atoms with E-state index >= 15 is 17.6 Å². The van der Waals surface area contributed by atoms with E-state index in [1.807, 2.05) is 12.1 Å². The van der Waals surface area contributed by atoms with Crippen molar-refractivity contribution in [1.82, 2.24) is 0 Å². The molecule has 0 aliphatic rings. The van der Waals surface area contributed by atoms with Crippen LogP contribution in [0.3, 0.4) is 0 Å². The molecule has 0 saturated carbocycles. The molecule has 0 saturated heterocycles. The maximum Gasteiger partial charge on any atom is 0.147 e. The summed E-state index contributed by atoms with van der Waals surface area (Å²) in [6, 6.07) is 61.8. The van der Waals surface area contributed by atoms with E-state index in [0.29, 0.717) is 11.4 Å². The van der Waals surface area contributed by atoms with Crippen molar-refractivity contribution in [3.8, 4) is 22.3 Å². The highest BCUT2D eigenvalue weighted by Gasteiger charge is 2.28. The first kappa shape index (κ1) is 49.7. The predicted octanol–water partition coefficient (Wildman–Crippen LogP) is 22.4. The van der Waals surface area contributed by atoms with Gasteiger partial charge >= 0.3 is 0 Å². The number of thiophene rings is 2. The summed E-state index contributed by atoms with van der Waals surface area (Å²) >= 11 is 3.45. The van der Waals surface area contributed by atoms with Crippen molar-refractivity contribution < 1.29 is 17.6 Å². The van der Waals surface area contributed by atoms with Crippen LogP contribution in [-0.4, -0.2) is 0 Å². The number of anilines is 6. The highest BCUT2D eigenvalue weighted by molar-refractivity contribution is 7.27. The molecule has 0 amide bonds. The molecular weight excluding hydrogens is 1030 g/mol. The number of benzene rings is 12. The minimum absolute atomic E-state index is 0.258. The zero-order valence-electron chi connectivity index (χ0n) is 44.5. The molecule has 0 radical (unpaired) electrons. The first-order valence-electron chi connectivity index (χ1n) is 27.5. The molecule has 14 rings (SSSR count). The predicted molar refractivity (Wildman–Crippen MR) is 334 cm³/mol. The van der Waals surface area contributed by atoms with E-state index in [1.165, 1.54) is 90.3 Å². The fraction of sp³-hybridized carbons (Fsp3) is 0.111. The number of rotatable bonds is 12. The first-order valence-corrected chi connectivity index (χ1v) is 29.1. The number of hydrogen-bond donors (Lipinski definition) is 0. The van der Waals surface area contributed by atoms with Crippen LogP contribution >= 0.6 is 22.7 Å². The standard InChI is InChI=1S/C72H52F4N2S2/c1-5-41-19-17-20-42(6-2)67(41)49-39-55-70-52(38-54-48-34-32-46(36-66(48)79-71(54)55)78(63-29-15-11-25-59(63)75)64-30-16-12-26-60(64)76)50(68-43(7-3)21-18-22-44(68)8-4)40-56-69(70)51(49)37-53-47-33-31-45(35-65(47)80-72(53)56)77(61-27-13-9-23-57(61)73)62-28-14-10-24-58(62)74/h9-40H,5-8H2,1-4H3. The second kappa shape index (κ2) is 19.7. The molecule has 0 fully saturated rings. The van der Waals surface area contributed by atoms with Crippen molar-refractivity contribution in [2.24, 2.45) is 0 Å². The van der Waals surface area contributed by atoms with Gasteiger partial charge in [0, 0.05) is 62.5 Å². The van der Waals surface area contributed by atoms with Crippen LogP contribution in [-0.2, 0) is 25.7 Å². The molecule has 2 aromatic heterocycles. The molecule has 0 unspecified atom stereocenters. The van der Waals surface area contributed by atoms with Gasteiger partial charge in [-0.25, -0.2) is 17.6 Å². The third kappa shape index (κ3) is 7.71. The van der Waals surface area contributed by atoms with Crippen LogP contribution in [0.25, 0.3) is 94.9 Å². The SMILES string of the molecule is CCc1cccc(CC)c1-c1cc2c3sc4cc(N(c5ccccc5F)c5ccccc5F)ccc4c3cc3c(-c4c(CC)cccc4CC)cc4c5sc6cc(N(c7ccccc7F)c7ccccc7F)ccc6c5cc1c4c32. The van der Waals surface area contributed by atoms with Crippen LogP contribution in [0.1, 0.15) is 49.9 Å². The van der Waals surface area contributed by atoms with Crippen LogP contribution in [0, 0.1) is 23.3 Å². The summed E-state index contributed by atoms with van der Waals surface area (Å²) in [7, 11) is 0. The van der Waals surface area contributed by atoms with E-state index in [9.17, 15) is 0 Å². The van der Waals surface area contributed by atoms with Gasteiger partial charge in [0.15, 0.2) is 0 Å². The summed E-state index contributed by atoms with van der Waals surface area (Å²) in [5, 5.41) is 11.4. The molecular formula is C72H52F4N2S2. The normalized spacial score (nSPS) is 11.9. The Kier molecular flexibility index (Phi) is 12.2. The summed E-state index contributed by atoms with van der Waals surface area (Å²) in [5.74, 6) is -1.80. The van der Waals surface area contributed by atoms with Gasteiger partial charge in [-0.1, -0.05) is 125 Å². The summed E-state index contributed by atoms with van der Waals surface area (Å²) in [5.41, 5.74) is 12.3. The van der Waals surface area contributed by atoms with Crippen molar-refractivity contribution in [3.63, 3.8) is 0 Å². The average molecular weight is 1090 g/mol. The molecule has 390 valence electrons. The second-order valence-electron chi connectivity index (χ2n) is 20.7. The minimum Gasteiger partial charge on any atom is -0.305 e. The lowest BCUT2D eigenvalue weighted by Gasteiger charge is -2.26. The number of aryl methyl sites for hydroxylation is 4. The Labute approximate surface area is 469 Å². The first-order chi connectivity index (χ1) is 39.2. The number of nitrogens with zero attached hydrogens (tertiary/aromatic N) is 2. The fourth-order valence-corrected chi connectivity index (χ4v) is 15.2. The molecule has 12 aromatic carbocycles. The van der Waals surface area contributed by atoms with E-state index in [0.717, 1.165) is 76.8 Å². The van der Waals surface area contributed by atoms with Gasteiger partial charge < -0.3 is 9.80 Å². The van der Waals surface area contributed by atoms with Crippen molar-refractivity contribution in [2.75, 3.05) is 9.80 Å². The monoisotopic (exact) mass is 1080 g/mol. The third-order valence-corrected chi connectivity index (χ3v) is 18.8. The smallest absolute Gasteiger partial charge is 0.147 e. The zero-order valence-corrected chi connectivity index (χ0v) is 46.2. The second-order valence-corrected chi connectivity index (χ2v) is 22.8. The van der Waals surface area contributed by atoms with Crippen LogP contribution < -0.4 is 9.80 Å². The molecule has 2 nitrogen and oxygen atoms in total. The molecule has 8 heteroatoms. The Hall–Kier alpha value is -8.56. The summed E-state index contributed by atoms with van der Waals surface area (Å²) in [4.78, 5) is 3.37. The van der Waals surface area contributed by atoms with E-state index in [-0.39, 0.29) is 22.7 Å². The molecule has 0 bridgehead atoms. The van der Waals surface area contributed by atoms with E-state index in [4.69, 9.17) is 0 Å². The lowest BCUT2D eigenvalue weighted by atomic mass is 9.81. The van der Waals surface area contributed by atoms with Gasteiger partial charge in [0.25, 0.3) is 0 Å². The van der Waals surface area contributed by atoms with Crippen molar-refractivity contribution in [3.05, 3.63) is 240 Å². The quantitative estimate of drug-likeness (QED) is 0.0889. The van der Waals surface area contributed by atoms with Gasteiger partial charge in [0.2, 0.25) is 0 Å². The maximum absolute atomic E-state index is 16.0. The molecule has 0 aliphatic carbocycles. The topological polar surface area (TPSA) is 6.48 Å². The summed E-state index contributed by atoms with van der Waals surface area (Å²) in [6.07, 6.45) is 3.40. The van der Waals surface area contributed by atoms with Crippen molar-refractivity contribution in [2.45, 2.75) is 53.4 Å². The Morgan fingerprint density at radius 1 is 0.312 bits per heavy atom. The zero-order chi connectivity index (χ0) is 54.5. The molecule has 0 aliphatic heterocycles. The van der Waals surface area contributed by atoms with Crippen molar-refractivity contribution >= 4 is 129 Å². The Bertz CT molecular complexity index is 4360. The van der Waals surface area contributed by atoms with Crippen LogP contribution in [0.2, 0.25) is 0 Å². The van der Waals surface area contributed by atoms with Crippen LogP contribution in [0.5, 0.6) is 0 Å². The van der Waals surface area contributed by atoms with E-state index < -0.39 is 23.3 Å². The Morgan fingerprint density at radius 3 is 0.950 bits per heavy atom. The largest absolute Gasteiger partial charge is 0.305 e. The van der Waals surface area contributed by atoms with Gasteiger partial charge in [-0.05, 0) is 189 Å². The third-order valence-electron chi connectivity index (χ3n) is 16.4. The summed E-state index contributed by atoms with van der Waals surface area (Å²) in [6.45, 7) is 8.95. The van der Waals surface area contributed by atoms with Crippen molar-refractivity contribution in [1.29, 1.82) is 0 Å². The molecule has 2 heterocycles. The van der Waals surface area contributed by atoms with Crippen LogP contribution in [0.4, 0.5) is 51.7 Å². The van der Waals surface area contributed by atoms with Gasteiger partial charge in [0.05, 0.1) is 22.7 Å². The van der Waals surface area contributed by atoms with E-state index in [1.54, 1.807) is 105 Å². The lowest BCUT2D eigenvalue weighted by molar-refractivity contribution is 0.619. The van der Waals surface area contributed by atoms with Gasteiger partial charge in [-0.2, -0.15) is 0 Å². The fourth-order valence-electron chi connectivity index (χ4n) is 12.7. The summed E-state index contributed by atoms with van der Waals surface area (Å²) < 4.78 is 68.1. The average Bonchev–Trinajstić information content (AvgIpc) is 4.21. The van der Waals surface area contributed by atoms with Gasteiger partial charge in [0.1, 0.15) is 23.3 Å². The maximum atomic E-state index is 16.0. The Morgan fingerprint density at radius 2 is 0.637 bits per heavy atom. The Balaban J connectivity index is 1.13. The number of fused-ring (bicyclic) bond motifs is 8. The number of hydrogen-bond acceptors (Lipinski definition) is 4. The highest BCUT2D eigenvalue weighted by Crippen LogP contribution is 2.55. The molecule has 0 spiro atoms. The highest BCUT2D eigenvalue weighted by atomic mass is 32.1. The molecule has 0 N–H and O–H groups in total. The number of halogens is 4. The van der Waals surface area contributed by atoms with Crippen LogP contribution in [0.15, 0.2) is 194 Å². The van der Waals surface area contributed by atoms with E-state index in [2.05, 4.69) is 113 Å². The molecule has 0 atom stereocenters. The number of para-hydroxylation sites is 4. The minimum atomic E-state index is -0.450. The molecule has 80 heavy (non-hydrogen) atoms. The molecule has 14 aromatic rings. The van der Waals surface area contributed by atoms with Gasteiger partial charge in [-0.3, -0.25) is 0 Å². The van der Waals surface area contributed by atoms with Gasteiger partial charge in [-0.15, -0.1) is 22.7 Å².